The van der Waals surface area contributed by atoms with E-state index in [0.717, 1.165) is 18.4 Å². The summed E-state index contributed by atoms with van der Waals surface area (Å²) < 4.78 is 5.21. The third-order valence-corrected chi connectivity index (χ3v) is 8.25. The van der Waals surface area contributed by atoms with Crippen LogP contribution in [-0.2, 0) is 6.42 Å². The zero-order valence-electron chi connectivity index (χ0n) is 15.2. The first-order valence-electron chi connectivity index (χ1n) is 8.37. The molecule has 6 heteroatoms. The summed E-state index contributed by atoms with van der Waals surface area (Å²) in [5.74, 6) is 0.487. The Labute approximate surface area is 150 Å². The summed E-state index contributed by atoms with van der Waals surface area (Å²) in [5.41, 5.74) is 1.61. The fourth-order valence-electron chi connectivity index (χ4n) is 2.19. The van der Waals surface area contributed by atoms with Gasteiger partial charge < -0.3 is 9.53 Å². The Kier molecular flexibility index (Phi) is 5.97. The average molecular weight is 359 g/mol. The molecule has 0 fully saturated rings. The van der Waals surface area contributed by atoms with Gasteiger partial charge in [0.15, 0.2) is 8.32 Å². The first-order valence-corrected chi connectivity index (χ1v) is 11.3. The molecule has 0 aliphatic carbocycles. The maximum atomic E-state index is 12.0. The van der Waals surface area contributed by atoms with Crippen molar-refractivity contribution in [1.29, 1.82) is 0 Å². The first-order chi connectivity index (χ1) is 11.7. The van der Waals surface area contributed by atoms with E-state index in [1.807, 2.05) is 25.2 Å². The molecule has 2 aromatic rings. The maximum absolute atomic E-state index is 12.0. The lowest BCUT2D eigenvalue weighted by atomic mass is 10.0. The lowest BCUT2D eigenvalue weighted by Gasteiger charge is -2.35. The van der Waals surface area contributed by atoms with Crippen LogP contribution in [0, 0.1) is 0 Å². The molecule has 2 N–H and O–H groups in total. The van der Waals surface area contributed by atoms with Gasteiger partial charge in [-0.25, -0.2) is 4.79 Å². The van der Waals surface area contributed by atoms with Gasteiger partial charge in [-0.1, -0.05) is 32.0 Å². The molecule has 0 unspecified atom stereocenters. The summed E-state index contributed by atoms with van der Waals surface area (Å²) in [5, 5.41) is 2.60. The molecule has 0 atom stereocenters. The zero-order valence-corrected chi connectivity index (χ0v) is 16.2. The number of carbonyl (C=O) groups is 1. The molecule has 0 saturated carbocycles. The smallest absolute Gasteiger partial charge is 0.417 e. The molecule has 25 heavy (non-hydrogen) atoms. The van der Waals surface area contributed by atoms with E-state index in [-0.39, 0.29) is 5.04 Å². The minimum Gasteiger partial charge on any atom is -0.432 e. The molecule has 0 radical (unpaired) electrons. The van der Waals surface area contributed by atoms with Gasteiger partial charge in [-0.05, 0) is 54.7 Å². The molecule has 0 saturated heterocycles. The van der Waals surface area contributed by atoms with Crippen LogP contribution in [0.1, 0.15) is 25.8 Å². The van der Waals surface area contributed by atoms with Crippen molar-refractivity contribution >= 4 is 20.1 Å². The molecule has 1 aromatic heterocycles. The second kappa shape index (κ2) is 7.80. The number of pyridine rings is 1. The van der Waals surface area contributed by atoms with Gasteiger partial charge in [0.05, 0.1) is 11.9 Å². The summed E-state index contributed by atoms with van der Waals surface area (Å²) in [7, 11) is -2.23. The van der Waals surface area contributed by atoms with Crippen molar-refractivity contribution in [1.82, 2.24) is 4.98 Å². The number of nitrogens with zero attached hydrogens (tertiary/aromatic N) is 1. The number of carbonyl (C=O) groups excluding carboxylic acids is 1. The fraction of sp³-hybridized carbons (Fsp3) is 0.368. The van der Waals surface area contributed by atoms with E-state index in [9.17, 15) is 9.59 Å². The molecular weight excluding hydrogens is 332 g/mol. The molecule has 0 spiro atoms. The summed E-state index contributed by atoms with van der Waals surface area (Å²) >= 11 is 0. The standard InChI is InChI=1S/C19H26N2O3Si/c1-19(2,25(3,4)23)11-10-15-12-16(14-20-13-15)21-18(22)24-17-8-6-5-7-9-17/h5-9,12-14,23H,10-11H2,1-4H3,(H,21,22). The van der Waals surface area contributed by atoms with Crippen LogP contribution in [0.4, 0.5) is 10.5 Å². The molecule has 2 rings (SSSR count). The van der Waals surface area contributed by atoms with Gasteiger partial charge in [-0.2, -0.15) is 0 Å². The zero-order chi connectivity index (χ0) is 18.5. The van der Waals surface area contributed by atoms with Crippen LogP contribution in [0.5, 0.6) is 5.75 Å². The van der Waals surface area contributed by atoms with Crippen LogP contribution in [-0.4, -0.2) is 24.2 Å². The highest BCUT2D eigenvalue weighted by Gasteiger charge is 2.37. The van der Waals surface area contributed by atoms with E-state index in [1.54, 1.807) is 36.7 Å². The number of aryl methyl sites for hydroxylation is 1. The Bertz CT molecular complexity index is 712. The van der Waals surface area contributed by atoms with E-state index in [0.29, 0.717) is 11.4 Å². The van der Waals surface area contributed by atoms with Crippen LogP contribution in [0.15, 0.2) is 48.8 Å². The predicted octanol–water partition coefficient (Wildman–Crippen LogP) is 4.60. The van der Waals surface area contributed by atoms with Crippen LogP contribution < -0.4 is 10.1 Å². The number of hydrogen-bond acceptors (Lipinski definition) is 4. The third kappa shape index (κ3) is 5.69. The molecule has 0 bridgehead atoms. The van der Waals surface area contributed by atoms with Crippen LogP contribution in [0.25, 0.3) is 0 Å². The van der Waals surface area contributed by atoms with Crippen LogP contribution in [0.2, 0.25) is 18.1 Å². The van der Waals surface area contributed by atoms with Crippen LogP contribution in [0.3, 0.4) is 0 Å². The van der Waals surface area contributed by atoms with Crippen molar-refractivity contribution in [3.05, 3.63) is 54.4 Å². The SMILES string of the molecule is CC(C)(CCc1cncc(NC(=O)Oc2ccccc2)c1)[Si](C)(C)O. The van der Waals surface area contributed by atoms with Crippen molar-refractivity contribution in [2.24, 2.45) is 0 Å². The Morgan fingerprint density at radius 1 is 1.24 bits per heavy atom. The summed E-state index contributed by atoms with van der Waals surface area (Å²) in [4.78, 5) is 26.5. The predicted molar refractivity (Wildman–Crippen MR) is 102 cm³/mol. The van der Waals surface area contributed by atoms with Gasteiger partial charge in [0.2, 0.25) is 0 Å². The van der Waals surface area contributed by atoms with Gasteiger partial charge in [0.25, 0.3) is 0 Å². The van der Waals surface area contributed by atoms with Gasteiger partial charge >= 0.3 is 6.09 Å². The first kappa shape index (κ1) is 19.1. The van der Waals surface area contributed by atoms with E-state index >= 15 is 0 Å². The second-order valence-electron chi connectivity index (χ2n) is 7.35. The lowest BCUT2D eigenvalue weighted by Crippen LogP contribution is -2.39. The Morgan fingerprint density at radius 3 is 2.56 bits per heavy atom. The highest BCUT2D eigenvalue weighted by molar-refractivity contribution is 6.72. The van der Waals surface area contributed by atoms with E-state index in [4.69, 9.17) is 4.74 Å². The minimum atomic E-state index is -2.23. The van der Waals surface area contributed by atoms with Crippen molar-refractivity contribution < 1.29 is 14.3 Å². The highest BCUT2D eigenvalue weighted by atomic mass is 28.4. The van der Waals surface area contributed by atoms with Gasteiger partial charge in [0, 0.05) is 6.20 Å². The molecule has 0 aliphatic heterocycles. The number of aromatic nitrogens is 1. The topological polar surface area (TPSA) is 71.5 Å². The molecule has 1 heterocycles. The van der Waals surface area contributed by atoms with Crippen LogP contribution >= 0.6 is 0 Å². The molecule has 5 nitrogen and oxygen atoms in total. The summed E-state index contributed by atoms with van der Waals surface area (Å²) in [6, 6.07) is 10.8. The van der Waals surface area contributed by atoms with E-state index in [2.05, 4.69) is 24.1 Å². The Morgan fingerprint density at radius 2 is 1.92 bits per heavy atom. The molecule has 134 valence electrons. The number of ether oxygens (including phenoxy) is 1. The van der Waals surface area contributed by atoms with Crippen molar-refractivity contribution in [2.45, 2.75) is 44.8 Å². The molecule has 1 amide bonds. The average Bonchev–Trinajstić information content (AvgIpc) is 2.53. The second-order valence-corrected chi connectivity index (χ2v) is 11.8. The molecule has 0 aliphatic rings. The number of para-hydroxylation sites is 1. The van der Waals surface area contributed by atoms with Crippen molar-refractivity contribution in [3.63, 3.8) is 0 Å². The van der Waals surface area contributed by atoms with E-state index in [1.165, 1.54) is 0 Å². The number of nitrogens with one attached hydrogen (secondary N) is 1. The fourth-order valence-corrected chi connectivity index (χ4v) is 2.93. The van der Waals surface area contributed by atoms with Gasteiger partial charge in [0.1, 0.15) is 5.75 Å². The van der Waals surface area contributed by atoms with E-state index < -0.39 is 14.4 Å². The number of hydrogen-bond donors (Lipinski definition) is 2. The minimum absolute atomic E-state index is 0.0946. The highest BCUT2D eigenvalue weighted by Crippen LogP contribution is 2.39. The maximum Gasteiger partial charge on any atom is 0.417 e. The van der Waals surface area contributed by atoms with Gasteiger partial charge in [-0.15, -0.1) is 0 Å². The quantitative estimate of drug-likeness (QED) is 0.740. The molecular formula is C19H26N2O3Si. The normalized spacial score (nSPS) is 11.9. The van der Waals surface area contributed by atoms with Gasteiger partial charge in [-0.3, -0.25) is 10.3 Å². The number of rotatable bonds is 6. The monoisotopic (exact) mass is 358 g/mol. The summed E-state index contributed by atoms with van der Waals surface area (Å²) in [6.07, 6.45) is 4.48. The Balaban J connectivity index is 1.96. The number of amides is 1. The summed E-state index contributed by atoms with van der Waals surface area (Å²) in [6.45, 7) is 8.13. The van der Waals surface area contributed by atoms with Crippen molar-refractivity contribution in [3.8, 4) is 5.75 Å². The molecule has 1 aromatic carbocycles. The third-order valence-electron chi connectivity index (χ3n) is 4.69. The Hall–Kier alpha value is -2.18. The van der Waals surface area contributed by atoms with Crippen molar-refractivity contribution in [2.75, 3.05) is 5.32 Å². The number of anilines is 1. The largest absolute Gasteiger partial charge is 0.432 e. The lowest BCUT2D eigenvalue weighted by molar-refractivity contribution is 0.215. The number of benzene rings is 1.